The molecule has 0 aromatic heterocycles. The van der Waals surface area contributed by atoms with Crippen LogP contribution in [0, 0.1) is 0 Å². The molecule has 0 radical (unpaired) electrons. The van der Waals surface area contributed by atoms with Gasteiger partial charge in [0, 0.05) is 38.1 Å². The van der Waals surface area contributed by atoms with E-state index in [0.29, 0.717) is 0 Å². The van der Waals surface area contributed by atoms with E-state index < -0.39 is 11.8 Å². The van der Waals surface area contributed by atoms with Crippen LogP contribution >= 0.6 is 0 Å². The summed E-state index contributed by atoms with van der Waals surface area (Å²) in [5.41, 5.74) is 0. The summed E-state index contributed by atoms with van der Waals surface area (Å²) in [7, 11) is 0. The Bertz CT molecular complexity index is 377. The molecule has 0 atom stereocenters. The summed E-state index contributed by atoms with van der Waals surface area (Å²) in [6.45, 7) is 0.166. The molecule has 0 unspecified atom stereocenters. The van der Waals surface area contributed by atoms with Gasteiger partial charge in [-0.1, -0.05) is 0 Å². The lowest BCUT2D eigenvalue weighted by atomic mass is 10.4. The molecule has 84 valence electrons. The van der Waals surface area contributed by atoms with Crippen LogP contribution in [-0.2, 0) is 19.2 Å². The van der Waals surface area contributed by atoms with Crippen LogP contribution in [0.1, 0.15) is 12.8 Å². The van der Waals surface area contributed by atoms with Crippen molar-refractivity contribution >= 4 is 23.6 Å². The maximum atomic E-state index is 11.3. The van der Waals surface area contributed by atoms with Crippen LogP contribution in [0.4, 0.5) is 0 Å². The largest absolute Gasteiger partial charge is 0.281 e. The average molecular weight is 222 g/mol. The molecule has 0 aromatic rings. The molecular formula is C10H10N2O4. The third-order valence-electron chi connectivity index (χ3n) is 2.60. The number of hydrogen-bond donors (Lipinski definition) is 0. The van der Waals surface area contributed by atoms with Gasteiger partial charge in [0.25, 0.3) is 11.8 Å². The van der Waals surface area contributed by atoms with Gasteiger partial charge in [0.15, 0.2) is 0 Å². The fraction of sp³-hybridized carbons (Fsp3) is 0.400. The normalized spacial score (nSPS) is 20.5. The van der Waals surface area contributed by atoms with Crippen molar-refractivity contribution in [2.45, 2.75) is 12.8 Å². The number of imide groups is 2. The third kappa shape index (κ3) is 1.73. The number of likely N-dealkylation sites (tertiary alicyclic amines) is 1. The molecule has 6 heteroatoms. The third-order valence-corrected chi connectivity index (χ3v) is 2.60. The molecule has 0 spiro atoms. The van der Waals surface area contributed by atoms with Gasteiger partial charge >= 0.3 is 0 Å². The minimum Gasteiger partial charge on any atom is -0.281 e. The second-order valence-electron chi connectivity index (χ2n) is 3.60. The van der Waals surface area contributed by atoms with Crippen LogP contribution in [0.3, 0.4) is 0 Å². The summed E-state index contributed by atoms with van der Waals surface area (Å²) in [6.07, 6.45) is 2.80. The number of rotatable bonds is 3. The second-order valence-corrected chi connectivity index (χ2v) is 3.60. The zero-order valence-corrected chi connectivity index (χ0v) is 8.51. The summed E-state index contributed by atoms with van der Waals surface area (Å²) in [5, 5.41) is 0. The zero-order valence-electron chi connectivity index (χ0n) is 8.51. The lowest BCUT2D eigenvalue weighted by molar-refractivity contribution is -0.143. The van der Waals surface area contributed by atoms with E-state index >= 15 is 0 Å². The molecule has 0 bridgehead atoms. The van der Waals surface area contributed by atoms with Gasteiger partial charge in [-0.2, -0.15) is 0 Å². The second kappa shape index (κ2) is 3.88. The number of carbonyl (C=O) groups excluding carboxylic acids is 4. The zero-order chi connectivity index (χ0) is 11.7. The van der Waals surface area contributed by atoms with Crippen molar-refractivity contribution in [2.24, 2.45) is 0 Å². The van der Waals surface area contributed by atoms with E-state index in [9.17, 15) is 19.2 Å². The summed E-state index contributed by atoms with van der Waals surface area (Å²) >= 11 is 0. The molecule has 16 heavy (non-hydrogen) atoms. The molecular weight excluding hydrogens is 212 g/mol. The molecule has 2 rings (SSSR count). The summed E-state index contributed by atoms with van der Waals surface area (Å²) < 4.78 is 0. The smallest absolute Gasteiger partial charge is 0.253 e. The fourth-order valence-electron chi connectivity index (χ4n) is 1.72. The molecule has 1 fully saturated rings. The van der Waals surface area contributed by atoms with Crippen LogP contribution in [0.15, 0.2) is 12.2 Å². The lowest BCUT2D eigenvalue weighted by Crippen LogP contribution is -2.40. The van der Waals surface area contributed by atoms with Crippen LogP contribution < -0.4 is 0 Å². The molecule has 2 aliphatic heterocycles. The molecule has 4 amide bonds. The highest BCUT2D eigenvalue weighted by Crippen LogP contribution is 2.12. The molecule has 1 saturated heterocycles. The first-order valence-corrected chi connectivity index (χ1v) is 4.96. The van der Waals surface area contributed by atoms with Crippen molar-refractivity contribution in [3.63, 3.8) is 0 Å². The Balaban J connectivity index is 1.93. The highest BCUT2D eigenvalue weighted by Gasteiger charge is 2.31. The Morgan fingerprint density at radius 3 is 1.75 bits per heavy atom. The highest BCUT2D eigenvalue weighted by molar-refractivity contribution is 6.13. The van der Waals surface area contributed by atoms with Crippen LogP contribution in [0.5, 0.6) is 0 Å². The highest BCUT2D eigenvalue weighted by atomic mass is 16.2. The fourth-order valence-corrected chi connectivity index (χ4v) is 1.72. The molecule has 0 aliphatic carbocycles. The molecule has 2 heterocycles. The van der Waals surface area contributed by atoms with E-state index in [1.54, 1.807) is 0 Å². The van der Waals surface area contributed by atoms with Crippen molar-refractivity contribution in [2.75, 3.05) is 13.1 Å². The van der Waals surface area contributed by atoms with Gasteiger partial charge in [-0.25, -0.2) is 0 Å². The monoisotopic (exact) mass is 222 g/mol. The summed E-state index contributed by atoms with van der Waals surface area (Å²) in [5.74, 6) is -1.28. The number of nitrogens with zero attached hydrogens (tertiary/aromatic N) is 2. The van der Waals surface area contributed by atoms with E-state index in [1.165, 1.54) is 12.2 Å². The first-order chi connectivity index (χ1) is 7.59. The molecule has 0 saturated carbocycles. The first kappa shape index (κ1) is 10.5. The van der Waals surface area contributed by atoms with Gasteiger partial charge in [-0.15, -0.1) is 0 Å². The molecule has 2 aliphatic rings. The quantitative estimate of drug-likeness (QED) is 0.577. The Kier molecular flexibility index (Phi) is 2.55. The lowest BCUT2D eigenvalue weighted by Gasteiger charge is -2.18. The maximum Gasteiger partial charge on any atom is 0.253 e. The molecule has 0 aromatic carbocycles. The average Bonchev–Trinajstić information content (AvgIpc) is 2.72. The number of hydrogen-bond acceptors (Lipinski definition) is 4. The number of amides is 4. The van der Waals surface area contributed by atoms with E-state index in [4.69, 9.17) is 0 Å². The van der Waals surface area contributed by atoms with Gasteiger partial charge in [0.05, 0.1) is 0 Å². The Labute approximate surface area is 91.5 Å². The van der Waals surface area contributed by atoms with Crippen LogP contribution in [0.25, 0.3) is 0 Å². The standard InChI is InChI=1S/C10H10N2O4/c13-7-1-2-8(14)11(7)5-6-12-9(15)3-4-10(12)16/h1-2H,3-6H2. The molecule has 6 nitrogen and oxygen atoms in total. The van der Waals surface area contributed by atoms with Crippen molar-refractivity contribution in [1.29, 1.82) is 0 Å². The Morgan fingerprint density at radius 2 is 1.25 bits per heavy atom. The van der Waals surface area contributed by atoms with E-state index in [1.807, 2.05) is 0 Å². The Hall–Kier alpha value is -1.98. The van der Waals surface area contributed by atoms with Crippen LogP contribution in [-0.4, -0.2) is 46.5 Å². The van der Waals surface area contributed by atoms with Gasteiger partial charge in [-0.3, -0.25) is 29.0 Å². The van der Waals surface area contributed by atoms with Gasteiger partial charge in [0.1, 0.15) is 0 Å². The maximum absolute atomic E-state index is 11.3. The van der Waals surface area contributed by atoms with Gasteiger partial charge in [0.2, 0.25) is 11.8 Å². The minimum atomic E-state index is -0.399. The van der Waals surface area contributed by atoms with E-state index in [2.05, 4.69) is 0 Å². The topological polar surface area (TPSA) is 74.8 Å². The van der Waals surface area contributed by atoms with Crippen molar-refractivity contribution in [3.8, 4) is 0 Å². The molecule has 0 N–H and O–H groups in total. The van der Waals surface area contributed by atoms with Crippen molar-refractivity contribution in [3.05, 3.63) is 12.2 Å². The predicted octanol–water partition coefficient (Wildman–Crippen LogP) is -0.940. The van der Waals surface area contributed by atoms with Crippen LogP contribution in [0.2, 0.25) is 0 Å². The van der Waals surface area contributed by atoms with Crippen molar-refractivity contribution in [1.82, 2.24) is 9.80 Å². The van der Waals surface area contributed by atoms with Gasteiger partial charge in [-0.05, 0) is 0 Å². The SMILES string of the molecule is O=C1C=CC(=O)N1CCN1C(=O)CCC1=O. The Morgan fingerprint density at radius 1 is 0.812 bits per heavy atom. The van der Waals surface area contributed by atoms with E-state index in [-0.39, 0.29) is 37.7 Å². The summed E-state index contributed by atoms with van der Waals surface area (Å²) in [6, 6.07) is 0. The van der Waals surface area contributed by atoms with Crippen molar-refractivity contribution < 1.29 is 19.2 Å². The predicted molar refractivity (Wildman–Crippen MR) is 51.8 cm³/mol. The van der Waals surface area contributed by atoms with E-state index in [0.717, 1.165) is 9.80 Å². The minimum absolute atomic E-state index is 0.0716. The summed E-state index contributed by atoms with van der Waals surface area (Å²) in [4.78, 5) is 47.0. The number of carbonyl (C=O) groups is 4. The van der Waals surface area contributed by atoms with Gasteiger partial charge < -0.3 is 0 Å². The first-order valence-electron chi connectivity index (χ1n) is 4.96.